The van der Waals surface area contributed by atoms with E-state index in [0.29, 0.717) is 26.4 Å². The largest absolute Gasteiger partial charge is 0.503 e. The van der Waals surface area contributed by atoms with Gasteiger partial charge in [-0.3, -0.25) is 9.36 Å². The fourth-order valence-corrected chi connectivity index (χ4v) is 6.55. The zero-order chi connectivity index (χ0) is 27.3. The van der Waals surface area contributed by atoms with Gasteiger partial charge < -0.3 is 19.3 Å². The lowest BCUT2D eigenvalue weighted by Crippen LogP contribution is -2.38. The summed E-state index contributed by atoms with van der Waals surface area (Å²) in [5.74, 6) is 1.31. The molecule has 0 spiro atoms. The maximum atomic E-state index is 14.0. The predicted octanol–water partition coefficient (Wildman–Crippen LogP) is 4.70. The highest BCUT2D eigenvalue weighted by Gasteiger charge is 2.33. The molecule has 0 amide bonds. The third kappa shape index (κ3) is 4.20. The van der Waals surface area contributed by atoms with E-state index in [1.54, 1.807) is 37.0 Å². The van der Waals surface area contributed by atoms with Crippen LogP contribution in [-0.2, 0) is 6.42 Å². The lowest BCUT2D eigenvalue weighted by Gasteiger charge is -2.31. The van der Waals surface area contributed by atoms with Gasteiger partial charge in [0.1, 0.15) is 0 Å². The van der Waals surface area contributed by atoms with Crippen LogP contribution in [0.4, 0.5) is 0 Å². The number of fused-ring (bicyclic) bond motifs is 3. The molecule has 1 aliphatic heterocycles. The van der Waals surface area contributed by atoms with E-state index in [4.69, 9.17) is 30.8 Å². The van der Waals surface area contributed by atoms with Gasteiger partial charge in [0.2, 0.25) is 0 Å². The van der Waals surface area contributed by atoms with E-state index in [2.05, 4.69) is 12.1 Å². The second kappa shape index (κ2) is 9.94. The summed E-state index contributed by atoms with van der Waals surface area (Å²) in [6.45, 7) is 0. The van der Waals surface area contributed by atoms with Crippen molar-refractivity contribution in [3.8, 4) is 23.0 Å². The van der Waals surface area contributed by atoms with E-state index >= 15 is 0 Å². The summed E-state index contributed by atoms with van der Waals surface area (Å²) >= 11 is 7.53. The molecule has 9 heteroatoms. The number of methoxy groups -OCH3 is 3. The van der Waals surface area contributed by atoms with Crippen LogP contribution in [0.2, 0.25) is 5.02 Å². The number of benzene rings is 3. The molecule has 2 heterocycles. The van der Waals surface area contributed by atoms with Crippen molar-refractivity contribution in [3.63, 3.8) is 0 Å². The van der Waals surface area contributed by atoms with Gasteiger partial charge in [0.15, 0.2) is 27.8 Å². The number of aryl methyl sites for hydroxylation is 1. The minimum Gasteiger partial charge on any atom is -0.503 e. The smallest absolute Gasteiger partial charge is 0.271 e. The normalized spacial score (nSPS) is 16.2. The predicted molar refractivity (Wildman–Crippen MR) is 152 cm³/mol. The topological polar surface area (TPSA) is 82.3 Å². The number of aromatic hydroxyl groups is 1. The molecule has 1 aliphatic carbocycles. The first-order chi connectivity index (χ1) is 18.9. The first kappa shape index (κ1) is 25.3. The molecule has 0 saturated heterocycles. The molecule has 39 heavy (non-hydrogen) atoms. The van der Waals surface area contributed by atoms with Crippen molar-refractivity contribution in [1.82, 2.24) is 4.57 Å². The van der Waals surface area contributed by atoms with Crippen molar-refractivity contribution >= 4 is 34.7 Å². The second-order valence-corrected chi connectivity index (χ2v) is 10.7. The van der Waals surface area contributed by atoms with Crippen molar-refractivity contribution in [2.45, 2.75) is 18.9 Å². The number of hydrogen-bond donors (Lipinski definition) is 1. The van der Waals surface area contributed by atoms with Gasteiger partial charge in [-0.25, -0.2) is 4.99 Å². The molecule has 0 bridgehead atoms. The summed E-state index contributed by atoms with van der Waals surface area (Å²) in [6.07, 6.45) is 3.40. The van der Waals surface area contributed by atoms with E-state index < -0.39 is 0 Å². The molecule has 6 rings (SSSR count). The summed E-state index contributed by atoms with van der Waals surface area (Å²) in [6, 6.07) is 17.0. The first-order valence-electron chi connectivity index (χ1n) is 12.3. The van der Waals surface area contributed by atoms with Gasteiger partial charge in [0.25, 0.3) is 5.56 Å². The fraction of sp³-hybridized carbons (Fsp3) is 0.200. The van der Waals surface area contributed by atoms with Crippen LogP contribution in [0, 0.1) is 0 Å². The Kier molecular flexibility index (Phi) is 6.45. The van der Waals surface area contributed by atoms with E-state index in [-0.39, 0.29) is 28.1 Å². The Morgan fingerprint density at radius 3 is 2.54 bits per heavy atom. The highest BCUT2D eigenvalue weighted by molar-refractivity contribution is 7.07. The van der Waals surface area contributed by atoms with Gasteiger partial charge >= 0.3 is 0 Å². The minimum atomic E-state index is -0.357. The summed E-state index contributed by atoms with van der Waals surface area (Å²) in [5, 5.41) is 10.3. The summed E-state index contributed by atoms with van der Waals surface area (Å²) in [4.78, 5) is 19.6. The lowest BCUT2D eigenvalue weighted by atomic mass is 9.83. The van der Waals surface area contributed by atoms with E-state index in [9.17, 15) is 9.90 Å². The van der Waals surface area contributed by atoms with Gasteiger partial charge in [-0.15, -0.1) is 0 Å². The molecule has 0 radical (unpaired) electrons. The van der Waals surface area contributed by atoms with Crippen molar-refractivity contribution in [3.05, 3.63) is 107 Å². The molecule has 0 fully saturated rings. The summed E-state index contributed by atoms with van der Waals surface area (Å²) in [5.41, 5.74) is 5.74. The van der Waals surface area contributed by atoms with Crippen molar-refractivity contribution in [2.75, 3.05) is 21.3 Å². The summed E-state index contributed by atoms with van der Waals surface area (Å²) < 4.78 is 18.6. The molecular formula is C30H25ClN2O5S. The number of aromatic nitrogens is 1. The number of thiazole rings is 1. The quantitative estimate of drug-likeness (QED) is 0.382. The van der Waals surface area contributed by atoms with E-state index in [0.717, 1.165) is 35.2 Å². The van der Waals surface area contributed by atoms with Crippen LogP contribution in [0.3, 0.4) is 0 Å². The van der Waals surface area contributed by atoms with Gasteiger partial charge in [-0.05, 0) is 65.4 Å². The van der Waals surface area contributed by atoms with Crippen molar-refractivity contribution in [1.29, 1.82) is 0 Å². The van der Waals surface area contributed by atoms with Gasteiger partial charge in [0, 0.05) is 5.56 Å². The molecule has 7 nitrogen and oxygen atoms in total. The Labute approximate surface area is 233 Å². The average molecular weight is 561 g/mol. The number of halogens is 1. The molecule has 4 aromatic rings. The number of nitrogens with zero attached hydrogens (tertiary/aromatic N) is 2. The van der Waals surface area contributed by atoms with Crippen LogP contribution in [0.1, 0.15) is 34.7 Å². The SMILES string of the molecule is COc1ccc([C@@H]2C3=C(N=c4s/c(=C\c5cc(Cl)c(O)c(OC)c5)c(=O)n42)c2ccccc2CC3)cc1OC. The van der Waals surface area contributed by atoms with Crippen LogP contribution < -0.4 is 29.1 Å². The zero-order valence-electron chi connectivity index (χ0n) is 21.5. The van der Waals surface area contributed by atoms with Gasteiger partial charge in [-0.1, -0.05) is 53.3 Å². The molecule has 1 aromatic heterocycles. The molecule has 1 atom stereocenters. The van der Waals surface area contributed by atoms with E-state index in [1.807, 2.05) is 30.3 Å². The third-order valence-corrected chi connectivity index (χ3v) is 8.44. The minimum absolute atomic E-state index is 0.141. The number of ether oxygens (including phenoxy) is 3. The Morgan fingerprint density at radius 1 is 1.00 bits per heavy atom. The van der Waals surface area contributed by atoms with Gasteiger partial charge in [0.05, 0.1) is 42.6 Å². The number of allylic oxidation sites excluding steroid dienone is 1. The highest BCUT2D eigenvalue weighted by atomic mass is 35.5. The molecule has 3 aromatic carbocycles. The Balaban J connectivity index is 1.61. The fourth-order valence-electron chi connectivity index (χ4n) is 5.33. The summed E-state index contributed by atoms with van der Waals surface area (Å²) in [7, 11) is 4.66. The van der Waals surface area contributed by atoms with Crippen LogP contribution in [0.15, 0.2) is 70.0 Å². The molecule has 198 valence electrons. The third-order valence-electron chi connectivity index (χ3n) is 7.16. The van der Waals surface area contributed by atoms with Gasteiger partial charge in [-0.2, -0.15) is 0 Å². The van der Waals surface area contributed by atoms with Crippen molar-refractivity contribution in [2.24, 2.45) is 4.99 Å². The zero-order valence-corrected chi connectivity index (χ0v) is 23.1. The monoisotopic (exact) mass is 560 g/mol. The van der Waals surface area contributed by atoms with Crippen LogP contribution in [0.25, 0.3) is 11.8 Å². The Morgan fingerprint density at radius 2 is 1.77 bits per heavy atom. The number of phenolic OH excluding ortho intramolecular Hbond substituents is 1. The number of rotatable bonds is 5. The lowest BCUT2D eigenvalue weighted by molar-refractivity contribution is 0.354. The van der Waals surface area contributed by atoms with Crippen LogP contribution >= 0.6 is 22.9 Å². The maximum absolute atomic E-state index is 14.0. The molecule has 1 N–H and O–H groups in total. The van der Waals surface area contributed by atoms with E-state index in [1.165, 1.54) is 24.0 Å². The standard InChI is InChI=1S/C30H25ClN2O5S/c1-36-22-11-9-18(15-23(22)37-2)27-20-10-8-17-6-4-5-7-19(17)26(20)32-30-33(27)29(35)25(39-30)14-16-12-21(31)28(34)24(13-16)38-3/h4-7,9,11-15,27,34H,8,10H2,1-3H3/b25-14-/t27-/m1/s1. The van der Waals surface area contributed by atoms with Crippen LogP contribution in [-0.4, -0.2) is 31.0 Å². The maximum Gasteiger partial charge on any atom is 0.271 e. The molecular weight excluding hydrogens is 536 g/mol. The number of hydrogen-bond acceptors (Lipinski definition) is 7. The Bertz CT molecular complexity index is 1840. The average Bonchev–Trinajstić information content (AvgIpc) is 3.27. The van der Waals surface area contributed by atoms with Crippen LogP contribution in [0.5, 0.6) is 23.0 Å². The van der Waals surface area contributed by atoms with Crippen molar-refractivity contribution < 1.29 is 19.3 Å². The highest BCUT2D eigenvalue weighted by Crippen LogP contribution is 2.43. The first-order valence-corrected chi connectivity index (χ1v) is 13.5. The number of phenols is 1. The molecule has 0 unspecified atom stereocenters. The second-order valence-electron chi connectivity index (χ2n) is 9.28. The molecule has 0 saturated carbocycles. The molecule has 2 aliphatic rings. The Hall–Kier alpha value is -4.01.